The van der Waals surface area contributed by atoms with Gasteiger partial charge in [-0.25, -0.2) is 0 Å². The Bertz CT molecular complexity index is 297. The van der Waals surface area contributed by atoms with Crippen LogP contribution in [0.2, 0.25) is 5.02 Å². The first-order valence-electron chi connectivity index (χ1n) is 3.89. The highest BCUT2D eigenvalue weighted by molar-refractivity contribution is 14.1. The summed E-state index contributed by atoms with van der Waals surface area (Å²) in [6.45, 7) is 0. The molecule has 0 saturated heterocycles. The minimum atomic E-state index is 0. The third kappa shape index (κ3) is 2.29. The Labute approximate surface area is 103 Å². The van der Waals surface area contributed by atoms with Crippen LogP contribution in [-0.2, 0) is 12.8 Å². The fourth-order valence-electron chi connectivity index (χ4n) is 1.65. The van der Waals surface area contributed by atoms with E-state index in [0.717, 1.165) is 21.4 Å². The van der Waals surface area contributed by atoms with Crippen LogP contribution in [0.4, 0.5) is 0 Å². The second kappa shape index (κ2) is 4.34. The molecule has 0 heterocycles. The number of rotatable bonds is 0. The molecular weight excluding hydrogens is 320 g/mol. The molecule has 0 aromatic heterocycles. The molecule has 0 aliphatic heterocycles. The number of fused-ring (bicyclic) bond motifs is 1. The lowest BCUT2D eigenvalue weighted by molar-refractivity contribution is 0.721. The Morgan fingerprint density at radius 1 is 1.31 bits per heavy atom. The van der Waals surface area contributed by atoms with Crippen molar-refractivity contribution in [3.05, 3.63) is 31.9 Å². The van der Waals surface area contributed by atoms with Gasteiger partial charge in [0.2, 0.25) is 0 Å². The van der Waals surface area contributed by atoms with Gasteiger partial charge >= 0.3 is 0 Å². The molecule has 1 aromatic rings. The highest BCUT2D eigenvalue weighted by Gasteiger charge is 2.18. The summed E-state index contributed by atoms with van der Waals surface area (Å²) in [6.07, 6.45) is 1.98. The summed E-state index contributed by atoms with van der Waals surface area (Å²) >= 11 is 8.24. The predicted octanol–water partition coefficient (Wildman–Crippen LogP) is 2.79. The van der Waals surface area contributed by atoms with Crippen LogP contribution in [0.5, 0.6) is 0 Å². The maximum absolute atomic E-state index is 5.99. The van der Waals surface area contributed by atoms with Gasteiger partial charge in [0, 0.05) is 9.61 Å². The number of hydrogen-bond acceptors (Lipinski definition) is 1. The zero-order chi connectivity index (χ0) is 8.72. The van der Waals surface area contributed by atoms with Crippen molar-refractivity contribution in [2.45, 2.75) is 18.9 Å². The van der Waals surface area contributed by atoms with Crippen LogP contribution in [0.25, 0.3) is 0 Å². The minimum absolute atomic E-state index is 0. The van der Waals surface area contributed by atoms with Gasteiger partial charge in [-0.05, 0) is 58.7 Å². The second-order valence-corrected chi connectivity index (χ2v) is 4.77. The van der Waals surface area contributed by atoms with Crippen molar-refractivity contribution in [2.24, 2.45) is 5.73 Å². The number of benzene rings is 1. The fourth-order valence-corrected chi connectivity index (χ4v) is 2.36. The minimum Gasteiger partial charge on any atom is -0.327 e. The summed E-state index contributed by atoms with van der Waals surface area (Å²) in [5.41, 5.74) is 8.54. The molecule has 2 rings (SSSR count). The third-order valence-electron chi connectivity index (χ3n) is 2.21. The van der Waals surface area contributed by atoms with Crippen LogP contribution in [0.1, 0.15) is 11.1 Å². The van der Waals surface area contributed by atoms with Crippen LogP contribution in [0.3, 0.4) is 0 Å². The van der Waals surface area contributed by atoms with E-state index in [1.54, 1.807) is 0 Å². The molecule has 1 aliphatic rings. The van der Waals surface area contributed by atoms with Gasteiger partial charge in [-0.1, -0.05) is 11.6 Å². The molecule has 1 aromatic carbocycles. The number of nitrogens with two attached hydrogens (primary N) is 1. The summed E-state index contributed by atoms with van der Waals surface area (Å²) < 4.78 is 1.13. The highest BCUT2D eigenvalue weighted by Crippen LogP contribution is 2.28. The van der Waals surface area contributed by atoms with Gasteiger partial charge in [0.25, 0.3) is 0 Å². The van der Waals surface area contributed by atoms with Crippen molar-refractivity contribution in [2.75, 3.05) is 0 Å². The van der Waals surface area contributed by atoms with Crippen molar-refractivity contribution >= 4 is 46.6 Å². The molecule has 1 atom stereocenters. The van der Waals surface area contributed by atoms with Gasteiger partial charge < -0.3 is 5.73 Å². The third-order valence-corrected chi connectivity index (χ3v) is 3.73. The van der Waals surface area contributed by atoms with E-state index in [1.165, 1.54) is 11.1 Å². The molecule has 72 valence electrons. The average Bonchev–Trinajstić information content (AvgIpc) is 2.30. The smallest absolute Gasteiger partial charge is 0.0542 e. The van der Waals surface area contributed by atoms with Crippen molar-refractivity contribution < 1.29 is 0 Å². The van der Waals surface area contributed by atoms with E-state index in [4.69, 9.17) is 17.3 Å². The Hall–Kier alpha value is 0.490. The van der Waals surface area contributed by atoms with Gasteiger partial charge in [0.15, 0.2) is 0 Å². The van der Waals surface area contributed by atoms with Gasteiger partial charge in [0.1, 0.15) is 0 Å². The molecule has 2 N–H and O–H groups in total. The number of hydrogen-bond donors (Lipinski definition) is 1. The molecule has 13 heavy (non-hydrogen) atoms. The summed E-state index contributed by atoms with van der Waals surface area (Å²) in [6, 6.07) is 4.49. The average molecular weight is 330 g/mol. The van der Waals surface area contributed by atoms with Gasteiger partial charge in [-0.15, -0.1) is 12.4 Å². The molecule has 4 heteroatoms. The van der Waals surface area contributed by atoms with Gasteiger partial charge in [-0.3, -0.25) is 0 Å². The molecule has 1 nitrogen and oxygen atoms in total. The van der Waals surface area contributed by atoms with Crippen LogP contribution in [0.15, 0.2) is 12.1 Å². The monoisotopic (exact) mass is 329 g/mol. The SMILES string of the molecule is Cl.NC1Cc2cc(Cl)c(I)cc2C1. The molecule has 0 fully saturated rings. The van der Waals surface area contributed by atoms with Crippen molar-refractivity contribution in [3.63, 3.8) is 0 Å². The molecule has 0 radical (unpaired) electrons. The summed E-state index contributed by atoms with van der Waals surface area (Å²) in [5.74, 6) is 0. The van der Waals surface area contributed by atoms with Crippen molar-refractivity contribution in [1.29, 1.82) is 0 Å². The van der Waals surface area contributed by atoms with Crippen molar-refractivity contribution in [3.8, 4) is 0 Å². The Morgan fingerprint density at radius 3 is 2.46 bits per heavy atom. The first-order chi connectivity index (χ1) is 5.66. The fraction of sp³-hybridized carbons (Fsp3) is 0.333. The lowest BCUT2D eigenvalue weighted by atomic mass is 10.1. The van der Waals surface area contributed by atoms with E-state index in [1.807, 2.05) is 6.07 Å². The lowest BCUT2D eigenvalue weighted by Crippen LogP contribution is -2.18. The molecule has 0 amide bonds. The zero-order valence-electron chi connectivity index (χ0n) is 6.89. The van der Waals surface area contributed by atoms with E-state index in [9.17, 15) is 0 Å². The zero-order valence-corrected chi connectivity index (χ0v) is 10.6. The van der Waals surface area contributed by atoms with Crippen LogP contribution >= 0.6 is 46.6 Å². The quantitative estimate of drug-likeness (QED) is 0.728. The molecular formula is C9H10Cl2IN. The molecule has 0 spiro atoms. The van der Waals surface area contributed by atoms with E-state index >= 15 is 0 Å². The lowest BCUT2D eigenvalue weighted by Gasteiger charge is -2.00. The standard InChI is InChI=1S/C9H9ClIN.ClH/c10-8-3-5-1-7(12)2-6(5)4-9(8)11;/h3-4,7H,1-2,12H2;1H. The van der Waals surface area contributed by atoms with E-state index in [-0.39, 0.29) is 12.4 Å². The maximum atomic E-state index is 5.99. The maximum Gasteiger partial charge on any atom is 0.0542 e. The second-order valence-electron chi connectivity index (χ2n) is 3.20. The summed E-state index contributed by atoms with van der Waals surface area (Å²) in [5, 5.41) is 0.850. The van der Waals surface area contributed by atoms with Crippen LogP contribution in [-0.4, -0.2) is 6.04 Å². The largest absolute Gasteiger partial charge is 0.327 e. The summed E-state index contributed by atoms with van der Waals surface area (Å²) in [7, 11) is 0. The first-order valence-corrected chi connectivity index (χ1v) is 5.35. The van der Waals surface area contributed by atoms with Crippen molar-refractivity contribution in [1.82, 2.24) is 0 Å². The first kappa shape index (κ1) is 11.6. The van der Waals surface area contributed by atoms with Gasteiger partial charge in [-0.2, -0.15) is 0 Å². The predicted molar refractivity (Wildman–Crippen MR) is 66.8 cm³/mol. The number of halogens is 3. The molecule has 1 aliphatic carbocycles. The van der Waals surface area contributed by atoms with Crippen LogP contribution < -0.4 is 5.73 Å². The van der Waals surface area contributed by atoms with Crippen LogP contribution in [0, 0.1) is 3.57 Å². The van der Waals surface area contributed by atoms with E-state index < -0.39 is 0 Å². The van der Waals surface area contributed by atoms with Gasteiger partial charge in [0.05, 0.1) is 5.02 Å². The summed E-state index contributed by atoms with van der Waals surface area (Å²) in [4.78, 5) is 0. The Kier molecular flexibility index (Phi) is 3.86. The normalized spacial score (nSPS) is 19.5. The molecule has 1 unspecified atom stereocenters. The van der Waals surface area contributed by atoms with E-state index in [0.29, 0.717) is 6.04 Å². The van der Waals surface area contributed by atoms with E-state index in [2.05, 4.69) is 28.7 Å². The highest BCUT2D eigenvalue weighted by atomic mass is 127. The molecule has 0 bridgehead atoms. The topological polar surface area (TPSA) is 26.0 Å². The molecule has 0 saturated carbocycles. The Balaban J connectivity index is 0.000000845. The Morgan fingerprint density at radius 2 is 1.85 bits per heavy atom.